The van der Waals surface area contributed by atoms with Crippen molar-refractivity contribution < 1.29 is 39.4 Å². The molecule has 0 amide bonds. The van der Waals surface area contributed by atoms with E-state index in [1.54, 1.807) is 13.8 Å². The molecule has 7 unspecified atom stereocenters. The Balaban J connectivity index is 2.21. The van der Waals surface area contributed by atoms with Crippen molar-refractivity contribution in [3.63, 3.8) is 0 Å². The fourth-order valence-electron chi connectivity index (χ4n) is 2.50. The monoisotopic (exact) mass is 318 g/mol. The smallest absolute Gasteiger partial charge is 0.337 e. The second kappa shape index (κ2) is 6.51. The number of ether oxygens (including phenoxy) is 3. The Morgan fingerprint density at radius 2 is 1.77 bits per heavy atom. The molecule has 126 valence electrons. The Kier molecular flexibility index (Phi) is 5.08. The normalized spacial score (nSPS) is 43.0. The highest BCUT2D eigenvalue weighted by Crippen LogP contribution is 2.32. The van der Waals surface area contributed by atoms with Crippen LogP contribution in [0, 0.1) is 5.92 Å². The third-order valence-corrected chi connectivity index (χ3v) is 4.18. The molecule has 2 rings (SSSR count). The molecule has 8 heteroatoms. The van der Waals surface area contributed by atoms with Gasteiger partial charge in [-0.25, -0.2) is 4.79 Å². The summed E-state index contributed by atoms with van der Waals surface area (Å²) in [5.41, 5.74) is 0.252. The number of esters is 1. The summed E-state index contributed by atoms with van der Waals surface area (Å²) in [5.74, 6) is -0.483. The summed E-state index contributed by atoms with van der Waals surface area (Å²) in [7, 11) is 0. The zero-order chi connectivity index (χ0) is 16.6. The van der Waals surface area contributed by atoms with E-state index < -0.39 is 49.4 Å². The summed E-state index contributed by atoms with van der Waals surface area (Å²) in [5, 5.41) is 38.6. The summed E-state index contributed by atoms with van der Waals surface area (Å²) in [4.78, 5) is 11.7. The molecule has 0 aromatic heterocycles. The lowest BCUT2D eigenvalue weighted by atomic mass is 9.96. The first kappa shape index (κ1) is 17.2. The minimum Gasteiger partial charge on any atom is -0.465 e. The number of aliphatic hydroxyl groups is 4. The molecule has 1 fully saturated rings. The van der Waals surface area contributed by atoms with Crippen LogP contribution < -0.4 is 0 Å². The van der Waals surface area contributed by atoms with Gasteiger partial charge in [0.15, 0.2) is 0 Å². The third-order valence-electron chi connectivity index (χ3n) is 4.18. The lowest BCUT2D eigenvalue weighted by molar-refractivity contribution is -0.294. The average molecular weight is 318 g/mol. The van der Waals surface area contributed by atoms with Crippen LogP contribution in [0.4, 0.5) is 0 Å². The first-order valence-electron chi connectivity index (χ1n) is 7.16. The largest absolute Gasteiger partial charge is 0.465 e. The van der Waals surface area contributed by atoms with Crippen LogP contribution in [0.5, 0.6) is 0 Å². The van der Waals surface area contributed by atoms with Gasteiger partial charge in [0.25, 0.3) is 0 Å². The number of rotatable bonds is 3. The van der Waals surface area contributed by atoms with Gasteiger partial charge in [-0.2, -0.15) is 0 Å². The molecule has 7 atom stereocenters. The van der Waals surface area contributed by atoms with Gasteiger partial charge in [0, 0.05) is 0 Å². The quantitative estimate of drug-likeness (QED) is 0.471. The number of aliphatic hydroxyl groups excluding tert-OH is 4. The molecule has 0 radical (unpaired) electrons. The molecule has 0 bridgehead atoms. The van der Waals surface area contributed by atoms with Gasteiger partial charge in [0.05, 0.1) is 18.1 Å². The van der Waals surface area contributed by atoms with E-state index in [1.807, 2.05) is 0 Å². The van der Waals surface area contributed by atoms with Gasteiger partial charge >= 0.3 is 5.97 Å². The molecule has 8 nitrogen and oxygen atoms in total. The van der Waals surface area contributed by atoms with Crippen molar-refractivity contribution in [1.29, 1.82) is 0 Å². The molecule has 0 aromatic carbocycles. The number of cyclic esters (lactones) is 1. The molecular weight excluding hydrogens is 296 g/mol. The van der Waals surface area contributed by atoms with Crippen LogP contribution in [-0.2, 0) is 19.0 Å². The fourth-order valence-corrected chi connectivity index (χ4v) is 2.50. The van der Waals surface area contributed by atoms with Crippen LogP contribution in [0.25, 0.3) is 0 Å². The lowest BCUT2D eigenvalue weighted by Gasteiger charge is -2.41. The van der Waals surface area contributed by atoms with Crippen LogP contribution in [0.2, 0.25) is 0 Å². The molecule has 2 aliphatic rings. The van der Waals surface area contributed by atoms with Crippen LogP contribution in [0.15, 0.2) is 11.3 Å². The zero-order valence-electron chi connectivity index (χ0n) is 12.7. The van der Waals surface area contributed by atoms with Gasteiger partial charge in [-0.15, -0.1) is 0 Å². The van der Waals surface area contributed by atoms with Gasteiger partial charge in [0.2, 0.25) is 6.29 Å². The molecule has 4 N–H and O–H groups in total. The number of hydrogen-bond donors (Lipinski definition) is 4. The van der Waals surface area contributed by atoms with Crippen molar-refractivity contribution in [2.45, 2.75) is 57.6 Å². The predicted molar refractivity (Wildman–Crippen MR) is 72.3 cm³/mol. The number of carbonyl (C=O) groups is 1. The summed E-state index contributed by atoms with van der Waals surface area (Å²) in [6.07, 6.45) is -7.27. The highest BCUT2D eigenvalue weighted by atomic mass is 16.7. The Morgan fingerprint density at radius 3 is 2.36 bits per heavy atom. The van der Waals surface area contributed by atoms with Crippen LogP contribution >= 0.6 is 0 Å². The maximum absolute atomic E-state index is 11.7. The van der Waals surface area contributed by atoms with Crippen molar-refractivity contribution in [2.24, 2.45) is 5.92 Å². The minimum atomic E-state index is -1.53. The van der Waals surface area contributed by atoms with Crippen molar-refractivity contribution in [3.05, 3.63) is 11.3 Å². The van der Waals surface area contributed by atoms with E-state index in [-0.39, 0.29) is 11.5 Å². The van der Waals surface area contributed by atoms with E-state index in [9.17, 15) is 20.1 Å². The first-order chi connectivity index (χ1) is 10.3. The first-order valence-corrected chi connectivity index (χ1v) is 7.16. The van der Waals surface area contributed by atoms with E-state index in [4.69, 9.17) is 19.3 Å². The molecule has 0 spiro atoms. The van der Waals surface area contributed by atoms with E-state index in [0.717, 1.165) is 0 Å². The molecule has 0 aromatic rings. The summed E-state index contributed by atoms with van der Waals surface area (Å²) >= 11 is 0. The Hall–Kier alpha value is -1.19. The second-order valence-electron chi connectivity index (χ2n) is 5.70. The van der Waals surface area contributed by atoms with Crippen molar-refractivity contribution in [3.8, 4) is 0 Å². The van der Waals surface area contributed by atoms with Crippen molar-refractivity contribution >= 4 is 5.97 Å². The van der Waals surface area contributed by atoms with E-state index in [1.165, 1.54) is 6.92 Å². The van der Waals surface area contributed by atoms with Gasteiger partial charge in [-0.3, -0.25) is 0 Å². The number of hydrogen-bond acceptors (Lipinski definition) is 8. The third kappa shape index (κ3) is 2.97. The summed E-state index contributed by atoms with van der Waals surface area (Å²) < 4.78 is 16.0. The van der Waals surface area contributed by atoms with Crippen molar-refractivity contribution in [1.82, 2.24) is 0 Å². The van der Waals surface area contributed by atoms with Gasteiger partial charge < -0.3 is 34.6 Å². The lowest BCUT2D eigenvalue weighted by Crippen LogP contribution is -2.59. The Morgan fingerprint density at radius 1 is 1.14 bits per heavy atom. The second-order valence-corrected chi connectivity index (χ2v) is 5.70. The maximum atomic E-state index is 11.7. The average Bonchev–Trinajstić information content (AvgIpc) is 2.49. The predicted octanol–water partition coefficient (Wildman–Crippen LogP) is -1.34. The zero-order valence-corrected chi connectivity index (χ0v) is 12.7. The molecule has 22 heavy (non-hydrogen) atoms. The number of carbonyl (C=O) groups excluding carboxylic acids is 1. The minimum absolute atomic E-state index is 0.252. The molecule has 0 aliphatic carbocycles. The van der Waals surface area contributed by atoms with Gasteiger partial charge in [-0.05, 0) is 13.8 Å². The fraction of sp³-hybridized carbons (Fsp3) is 0.786. The maximum Gasteiger partial charge on any atom is 0.337 e. The Labute approximate surface area is 127 Å². The SMILES string of the molecule is CC1=C(OC2OC(CO)C(O)C(O)C2O)C(C)C(C)OC1=O. The topological polar surface area (TPSA) is 126 Å². The van der Waals surface area contributed by atoms with Crippen molar-refractivity contribution in [2.75, 3.05) is 6.61 Å². The van der Waals surface area contributed by atoms with Gasteiger partial charge in [0.1, 0.15) is 36.3 Å². The van der Waals surface area contributed by atoms with Crippen LogP contribution in [0.3, 0.4) is 0 Å². The van der Waals surface area contributed by atoms with E-state index in [2.05, 4.69) is 0 Å². The van der Waals surface area contributed by atoms with E-state index in [0.29, 0.717) is 5.76 Å². The van der Waals surface area contributed by atoms with Crippen LogP contribution in [-0.4, -0.2) is 69.8 Å². The van der Waals surface area contributed by atoms with E-state index >= 15 is 0 Å². The molecule has 1 saturated heterocycles. The molecular formula is C14H22O8. The summed E-state index contributed by atoms with van der Waals surface area (Å²) in [6, 6.07) is 0. The molecule has 2 heterocycles. The summed E-state index contributed by atoms with van der Waals surface area (Å²) in [6.45, 7) is 4.49. The molecule has 0 saturated carbocycles. The highest BCUT2D eigenvalue weighted by molar-refractivity contribution is 5.89. The Bertz CT molecular complexity index is 460. The standard InChI is InChI=1S/C14H22O8/c1-5-7(3)20-13(19)6(2)12(5)22-14-11(18)10(17)9(16)8(4-15)21-14/h5,7-11,14-18H,4H2,1-3H3. The highest BCUT2D eigenvalue weighted by Gasteiger charge is 2.46. The van der Waals surface area contributed by atoms with Gasteiger partial charge in [-0.1, -0.05) is 6.92 Å². The molecule has 2 aliphatic heterocycles. The van der Waals surface area contributed by atoms with Crippen LogP contribution in [0.1, 0.15) is 20.8 Å².